The molecule has 0 fully saturated rings. The first-order valence-electron chi connectivity index (χ1n) is 8.11. The fourth-order valence-electron chi connectivity index (χ4n) is 3.24. The Labute approximate surface area is 132 Å². The van der Waals surface area contributed by atoms with Gasteiger partial charge in [0.2, 0.25) is 0 Å². The number of hydrogen-bond donors (Lipinski definition) is 0. The normalized spacial score (nSPS) is 17.0. The van der Waals surface area contributed by atoms with Crippen molar-refractivity contribution in [3.05, 3.63) is 46.7 Å². The highest BCUT2D eigenvalue weighted by molar-refractivity contribution is 5.77. The first kappa shape index (κ1) is 14.9. The molecule has 3 nitrogen and oxygen atoms in total. The van der Waals surface area contributed by atoms with Gasteiger partial charge in [-0.2, -0.15) is 0 Å². The summed E-state index contributed by atoms with van der Waals surface area (Å²) in [5, 5.41) is 0. The molecule has 2 aliphatic rings. The third kappa shape index (κ3) is 2.68. The number of ether oxygens (including phenoxy) is 1. The highest BCUT2D eigenvalue weighted by Gasteiger charge is 2.26. The fourth-order valence-corrected chi connectivity index (χ4v) is 3.24. The number of rotatable bonds is 4. The Bertz CT molecular complexity index is 651. The van der Waals surface area contributed by atoms with E-state index in [0.717, 1.165) is 43.9 Å². The average molecular weight is 298 g/mol. The summed E-state index contributed by atoms with van der Waals surface area (Å²) in [6, 6.07) is 6.58. The van der Waals surface area contributed by atoms with E-state index in [0.29, 0.717) is 0 Å². The molecule has 0 radical (unpaired) electrons. The van der Waals surface area contributed by atoms with Crippen molar-refractivity contribution in [2.75, 3.05) is 25.1 Å². The van der Waals surface area contributed by atoms with Crippen LogP contribution < -0.4 is 9.64 Å². The Morgan fingerprint density at radius 1 is 1.27 bits per heavy atom. The van der Waals surface area contributed by atoms with E-state index in [9.17, 15) is 0 Å². The minimum Gasteiger partial charge on any atom is -0.456 e. The largest absolute Gasteiger partial charge is 0.456 e. The Kier molecular flexibility index (Phi) is 4.32. The van der Waals surface area contributed by atoms with Crippen molar-refractivity contribution >= 4 is 12.0 Å². The predicted octanol–water partition coefficient (Wildman–Crippen LogP) is 3.81. The van der Waals surface area contributed by atoms with Gasteiger partial charge in [0, 0.05) is 31.3 Å². The minimum absolute atomic E-state index is 0.949. The van der Waals surface area contributed by atoms with Crippen molar-refractivity contribution < 1.29 is 9.16 Å². The van der Waals surface area contributed by atoms with Gasteiger partial charge in [0.15, 0.2) is 0 Å². The molecule has 0 bridgehead atoms. The number of fused-ring (bicyclic) bond motifs is 2. The van der Waals surface area contributed by atoms with Crippen LogP contribution in [0.4, 0.5) is 5.69 Å². The molecule has 1 aromatic rings. The van der Waals surface area contributed by atoms with Crippen LogP contribution in [0.15, 0.2) is 41.2 Å². The molecular weight excluding hydrogens is 274 g/mol. The molecule has 3 rings (SSSR count). The van der Waals surface area contributed by atoms with Crippen molar-refractivity contribution in [3.8, 4) is 5.75 Å². The van der Waals surface area contributed by atoms with Gasteiger partial charge in [-0.1, -0.05) is 12.1 Å². The van der Waals surface area contributed by atoms with Crippen LogP contribution in [0, 0.1) is 0 Å². The lowest BCUT2D eigenvalue weighted by molar-refractivity contribution is -0.413. The number of hydrogen-bond acceptors (Lipinski definition) is 2. The molecule has 1 aromatic carbocycles. The van der Waals surface area contributed by atoms with E-state index in [1.165, 1.54) is 22.4 Å². The third-order valence-corrected chi connectivity index (χ3v) is 4.42. The van der Waals surface area contributed by atoms with Crippen LogP contribution in [0.25, 0.3) is 0 Å². The Hall–Kier alpha value is -2.03. The van der Waals surface area contributed by atoms with Crippen molar-refractivity contribution in [3.63, 3.8) is 0 Å². The number of aldehydes is 1. The number of allylic oxidation sites excluding steroid dienone is 3. The molecule has 0 unspecified atom stereocenters. The highest BCUT2D eigenvalue weighted by atomic mass is 16.5. The predicted molar refractivity (Wildman–Crippen MR) is 90.7 cm³/mol. The van der Waals surface area contributed by atoms with Crippen molar-refractivity contribution in [2.45, 2.75) is 33.1 Å². The summed E-state index contributed by atoms with van der Waals surface area (Å²) in [4.78, 5) is 2.34. The van der Waals surface area contributed by atoms with Crippen LogP contribution in [0.1, 0.15) is 32.3 Å². The van der Waals surface area contributed by atoms with E-state index >= 15 is 0 Å². The molecule has 1 aliphatic carbocycles. The molecule has 0 saturated heterocycles. The lowest BCUT2D eigenvalue weighted by atomic mass is 9.91. The molecule has 1 heterocycles. The molecular formula is C19H24NO2+. The van der Waals surface area contributed by atoms with Crippen LogP contribution >= 0.6 is 0 Å². The molecule has 0 amide bonds. The zero-order valence-electron chi connectivity index (χ0n) is 13.7. The van der Waals surface area contributed by atoms with Gasteiger partial charge in [-0.25, -0.2) is 0 Å². The fraction of sp³-hybridized carbons (Fsp3) is 0.421. The second kappa shape index (κ2) is 6.39. The van der Waals surface area contributed by atoms with E-state index in [-0.39, 0.29) is 0 Å². The van der Waals surface area contributed by atoms with Gasteiger partial charge in [0.05, 0.1) is 5.57 Å². The second-order valence-corrected chi connectivity index (χ2v) is 5.72. The minimum atomic E-state index is 0.949. The maximum Gasteiger partial charge on any atom is 0.314 e. The van der Waals surface area contributed by atoms with E-state index < -0.39 is 0 Å². The smallest absolute Gasteiger partial charge is 0.314 e. The summed E-state index contributed by atoms with van der Waals surface area (Å²) in [6.07, 6.45) is 7.11. The van der Waals surface area contributed by atoms with Crippen LogP contribution in [0.2, 0.25) is 0 Å². The van der Waals surface area contributed by atoms with Crippen LogP contribution in [-0.2, 0) is 10.8 Å². The number of carbonyl (C=O) groups excluding carboxylic acids is 1. The maximum atomic E-state index is 6.25. The molecule has 0 spiro atoms. The number of benzene rings is 1. The monoisotopic (exact) mass is 298 g/mol. The average Bonchev–Trinajstić information content (AvgIpc) is 2.55. The summed E-state index contributed by atoms with van der Waals surface area (Å²) >= 11 is 0. The van der Waals surface area contributed by atoms with Crippen LogP contribution in [0.5, 0.6) is 5.75 Å². The number of anilines is 1. The zero-order chi connectivity index (χ0) is 15.5. The topological polar surface area (TPSA) is 23.8 Å². The summed E-state index contributed by atoms with van der Waals surface area (Å²) in [5.41, 5.74) is 4.95. The van der Waals surface area contributed by atoms with E-state index in [2.05, 4.69) is 43.0 Å². The summed E-state index contributed by atoms with van der Waals surface area (Å²) < 4.78 is 11.5. The molecule has 0 atom stereocenters. The molecule has 116 valence electrons. The summed E-state index contributed by atoms with van der Waals surface area (Å²) in [5.74, 6) is 1.98. The van der Waals surface area contributed by atoms with Gasteiger partial charge in [-0.05, 0) is 43.9 Å². The van der Waals surface area contributed by atoms with E-state index in [1.54, 1.807) is 7.11 Å². The Morgan fingerprint density at radius 2 is 2.09 bits per heavy atom. The van der Waals surface area contributed by atoms with Crippen molar-refractivity contribution in [1.29, 1.82) is 0 Å². The van der Waals surface area contributed by atoms with Gasteiger partial charge in [0.1, 0.15) is 11.5 Å². The van der Waals surface area contributed by atoms with Crippen LogP contribution in [0.3, 0.4) is 0 Å². The Balaban J connectivity index is 1.99. The van der Waals surface area contributed by atoms with Crippen molar-refractivity contribution in [1.82, 2.24) is 0 Å². The van der Waals surface area contributed by atoms with Gasteiger partial charge in [-0.3, -0.25) is 4.42 Å². The van der Waals surface area contributed by atoms with E-state index in [1.807, 2.05) is 6.29 Å². The SMILES string of the molecule is CCN(CC)c1ccc2c(c1)OC1=C(C=[O+]C)CCC=C1C2. The van der Waals surface area contributed by atoms with E-state index in [4.69, 9.17) is 9.16 Å². The standard InChI is InChI=1S/C19H24NO2/c1-4-20(5-2)17-10-9-14-11-15-7-6-8-16(13-21-3)19(15)22-18(14)12-17/h7,9-10,12-13H,4-6,8,11H2,1-3H3/q+1. The summed E-state index contributed by atoms with van der Waals surface area (Å²) in [7, 11) is 1.70. The highest BCUT2D eigenvalue weighted by Crippen LogP contribution is 2.39. The molecule has 0 saturated carbocycles. The van der Waals surface area contributed by atoms with Gasteiger partial charge >= 0.3 is 6.29 Å². The second-order valence-electron chi connectivity index (χ2n) is 5.72. The molecule has 1 aliphatic heterocycles. The zero-order valence-corrected chi connectivity index (χ0v) is 13.7. The van der Waals surface area contributed by atoms with Gasteiger partial charge < -0.3 is 9.64 Å². The lowest BCUT2D eigenvalue weighted by Gasteiger charge is -2.28. The molecule has 22 heavy (non-hydrogen) atoms. The molecule has 0 aromatic heterocycles. The van der Waals surface area contributed by atoms with Crippen molar-refractivity contribution in [2.24, 2.45) is 0 Å². The van der Waals surface area contributed by atoms with Gasteiger partial charge in [0.25, 0.3) is 7.11 Å². The third-order valence-electron chi connectivity index (χ3n) is 4.42. The van der Waals surface area contributed by atoms with Crippen LogP contribution in [-0.4, -0.2) is 26.5 Å². The quantitative estimate of drug-likeness (QED) is 0.623. The maximum absolute atomic E-state index is 6.25. The lowest BCUT2D eigenvalue weighted by Crippen LogP contribution is -2.22. The molecule has 0 N–H and O–H groups in total. The summed E-state index contributed by atoms with van der Waals surface area (Å²) in [6.45, 7) is 6.37. The molecule has 3 heteroatoms. The first-order valence-corrected chi connectivity index (χ1v) is 8.11. The first-order chi connectivity index (χ1) is 10.8. The van der Waals surface area contributed by atoms with Gasteiger partial charge in [-0.15, -0.1) is 0 Å². The number of nitrogens with zero attached hydrogens (tertiary/aromatic N) is 1. The Morgan fingerprint density at radius 3 is 2.82 bits per heavy atom.